The monoisotopic (exact) mass is 360 g/mol. The fourth-order valence-corrected chi connectivity index (χ4v) is 5.78. The zero-order valence-corrected chi connectivity index (χ0v) is 17.3. The molecule has 5 rings (SSSR count). The molecule has 4 heterocycles. The zero-order chi connectivity index (χ0) is 19.4. The molecule has 2 aliphatic heterocycles. The second kappa shape index (κ2) is 4.76. The van der Waals surface area contributed by atoms with Gasteiger partial charge in [0.1, 0.15) is 11.3 Å². The van der Waals surface area contributed by atoms with E-state index >= 15 is 0 Å². The molecule has 2 atom stereocenters. The van der Waals surface area contributed by atoms with E-state index < -0.39 is 0 Å². The zero-order valence-electron chi connectivity index (χ0n) is 17.3. The maximum absolute atomic E-state index is 6.48. The van der Waals surface area contributed by atoms with E-state index in [0.717, 1.165) is 16.9 Å². The number of pyridine rings is 1. The Hall–Kier alpha value is -2.29. The molecule has 0 saturated carbocycles. The summed E-state index contributed by atoms with van der Waals surface area (Å²) in [5.41, 5.74) is 5.92. The van der Waals surface area contributed by atoms with Crippen LogP contribution < -0.4 is 4.90 Å². The van der Waals surface area contributed by atoms with Gasteiger partial charge in [0.15, 0.2) is 0 Å². The lowest BCUT2D eigenvalue weighted by Crippen LogP contribution is -2.62. The molecule has 1 aromatic carbocycles. The van der Waals surface area contributed by atoms with Gasteiger partial charge in [0.05, 0.1) is 6.04 Å². The van der Waals surface area contributed by atoms with Crippen LogP contribution in [0, 0.1) is 12.3 Å². The molecule has 0 aliphatic carbocycles. The Morgan fingerprint density at radius 3 is 2.52 bits per heavy atom. The maximum atomic E-state index is 6.48. The van der Waals surface area contributed by atoms with Gasteiger partial charge >= 0.3 is 0 Å². The molecule has 0 fully saturated rings. The molecule has 0 spiro atoms. The molecule has 0 bridgehead atoms. The Morgan fingerprint density at radius 1 is 1.04 bits per heavy atom. The highest BCUT2D eigenvalue weighted by Crippen LogP contribution is 2.68. The number of aryl methyl sites for hydroxylation is 1. The van der Waals surface area contributed by atoms with Crippen molar-refractivity contribution < 1.29 is 4.42 Å². The second-order valence-electron chi connectivity index (χ2n) is 9.54. The summed E-state index contributed by atoms with van der Waals surface area (Å²) in [7, 11) is 0. The van der Waals surface area contributed by atoms with Gasteiger partial charge in [0.2, 0.25) is 5.71 Å². The van der Waals surface area contributed by atoms with Gasteiger partial charge in [-0.3, -0.25) is 0 Å². The van der Waals surface area contributed by atoms with E-state index in [4.69, 9.17) is 4.42 Å². The number of aromatic nitrogens is 1. The van der Waals surface area contributed by atoms with Gasteiger partial charge < -0.3 is 9.32 Å². The van der Waals surface area contributed by atoms with Crippen molar-refractivity contribution >= 4 is 16.8 Å². The molecule has 0 amide bonds. The molecule has 140 valence electrons. The number of benzene rings is 1. The molecule has 27 heavy (non-hydrogen) atoms. The number of rotatable bonds is 0. The van der Waals surface area contributed by atoms with Gasteiger partial charge in [0, 0.05) is 28.2 Å². The van der Waals surface area contributed by atoms with Crippen molar-refractivity contribution in [2.24, 2.45) is 5.41 Å². The van der Waals surface area contributed by atoms with Gasteiger partial charge in [-0.25, -0.2) is 4.98 Å². The molecule has 3 aromatic rings. The molecule has 3 heteroatoms. The lowest BCUT2D eigenvalue weighted by molar-refractivity contribution is 0.0520. The smallest absolute Gasteiger partial charge is 0.226 e. The van der Waals surface area contributed by atoms with Crippen LogP contribution in [0.5, 0.6) is 0 Å². The largest absolute Gasteiger partial charge is 0.440 e. The van der Waals surface area contributed by atoms with E-state index in [9.17, 15) is 0 Å². The summed E-state index contributed by atoms with van der Waals surface area (Å²) in [4.78, 5) is 7.14. The predicted molar refractivity (Wildman–Crippen MR) is 110 cm³/mol. The van der Waals surface area contributed by atoms with E-state index in [-0.39, 0.29) is 22.4 Å². The number of hydrogen-bond acceptors (Lipinski definition) is 3. The van der Waals surface area contributed by atoms with Gasteiger partial charge in [-0.15, -0.1) is 0 Å². The number of hydrogen-bond donors (Lipinski definition) is 0. The minimum Gasteiger partial charge on any atom is -0.440 e. The fourth-order valence-electron chi connectivity index (χ4n) is 5.78. The van der Waals surface area contributed by atoms with Crippen molar-refractivity contribution in [1.82, 2.24) is 4.98 Å². The Bertz CT molecular complexity index is 1090. The number of fused-ring (bicyclic) bond motifs is 7. The average Bonchev–Trinajstić information content (AvgIpc) is 3.10. The summed E-state index contributed by atoms with van der Waals surface area (Å²) in [6, 6.07) is 11.2. The highest BCUT2D eigenvalue weighted by Gasteiger charge is 2.66. The third kappa shape index (κ3) is 1.63. The quantitative estimate of drug-likeness (QED) is 0.474. The molecule has 0 radical (unpaired) electrons. The van der Waals surface area contributed by atoms with Crippen molar-refractivity contribution in [3.05, 3.63) is 59.0 Å². The SMILES string of the molecule is Cc1cccc2c1N1C(C)c3c(oc4ncccc34)C1(C)C(C)(C)C2(C)C. The third-order valence-corrected chi connectivity index (χ3v) is 8.17. The maximum Gasteiger partial charge on any atom is 0.226 e. The Kier molecular flexibility index (Phi) is 2.97. The molecule has 0 saturated heterocycles. The fraction of sp³-hybridized carbons (Fsp3) is 0.458. The molecule has 2 unspecified atom stereocenters. The van der Waals surface area contributed by atoms with Crippen LogP contribution >= 0.6 is 0 Å². The van der Waals surface area contributed by atoms with Crippen LogP contribution in [-0.4, -0.2) is 4.98 Å². The molecule has 2 aromatic heterocycles. The van der Waals surface area contributed by atoms with Crippen LogP contribution in [0.15, 0.2) is 40.9 Å². The van der Waals surface area contributed by atoms with Crippen LogP contribution in [0.3, 0.4) is 0 Å². The number of furan rings is 1. The van der Waals surface area contributed by atoms with E-state index in [2.05, 4.69) is 82.6 Å². The molecule has 2 aliphatic rings. The van der Waals surface area contributed by atoms with Crippen LogP contribution in [0.1, 0.15) is 70.0 Å². The van der Waals surface area contributed by atoms with Crippen molar-refractivity contribution in [3.8, 4) is 0 Å². The summed E-state index contributed by atoms with van der Waals surface area (Å²) in [5, 5.41) is 1.15. The topological polar surface area (TPSA) is 29.3 Å². The van der Waals surface area contributed by atoms with E-state index in [1.54, 1.807) is 0 Å². The normalized spacial score (nSPS) is 27.4. The molecular weight excluding hydrogens is 332 g/mol. The minimum atomic E-state index is -0.245. The van der Waals surface area contributed by atoms with Crippen LogP contribution in [0.2, 0.25) is 0 Å². The number of nitrogens with zero attached hydrogens (tertiary/aromatic N) is 2. The summed E-state index contributed by atoms with van der Waals surface area (Å²) in [6.45, 7) is 16.5. The van der Waals surface area contributed by atoms with Crippen LogP contribution in [0.4, 0.5) is 5.69 Å². The first-order valence-corrected chi connectivity index (χ1v) is 9.91. The van der Waals surface area contributed by atoms with Crippen LogP contribution in [-0.2, 0) is 11.0 Å². The second-order valence-corrected chi connectivity index (χ2v) is 9.54. The first kappa shape index (κ1) is 16.9. The third-order valence-electron chi connectivity index (χ3n) is 8.17. The summed E-state index contributed by atoms with van der Waals surface area (Å²) in [5.74, 6) is 1.09. The minimum absolute atomic E-state index is 0.00661. The first-order chi connectivity index (χ1) is 12.6. The predicted octanol–water partition coefficient (Wildman–Crippen LogP) is 6.25. The van der Waals surface area contributed by atoms with Crippen LogP contribution in [0.25, 0.3) is 11.1 Å². The highest BCUT2D eigenvalue weighted by molar-refractivity contribution is 5.84. The molecule has 0 N–H and O–H groups in total. The van der Waals surface area contributed by atoms with Gasteiger partial charge in [-0.05, 0) is 49.4 Å². The Morgan fingerprint density at radius 2 is 1.78 bits per heavy atom. The lowest BCUT2D eigenvalue weighted by Gasteiger charge is -2.61. The summed E-state index contributed by atoms with van der Waals surface area (Å²) >= 11 is 0. The number of anilines is 1. The van der Waals surface area contributed by atoms with Crippen molar-refractivity contribution in [2.75, 3.05) is 4.90 Å². The standard InChI is InChI=1S/C24H28N2O/c1-14-10-8-12-17-19(14)26-15(2)18-16-11-9-13-25-21(16)27-20(18)24(26,7)23(5,6)22(17,3)4/h8-13,15H,1-7H3. The highest BCUT2D eigenvalue weighted by atomic mass is 16.3. The van der Waals surface area contributed by atoms with E-state index in [1.165, 1.54) is 22.4 Å². The molecule has 3 nitrogen and oxygen atoms in total. The van der Waals surface area contributed by atoms with Gasteiger partial charge in [-0.1, -0.05) is 45.9 Å². The van der Waals surface area contributed by atoms with Crippen molar-refractivity contribution in [3.63, 3.8) is 0 Å². The van der Waals surface area contributed by atoms with E-state index in [0.29, 0.717) is 0 Å². The Labute approximate surface area is 161 Å². The van der Waals surface area contributed by atoms with Crippen molar-refractivity contribution in [2.45, 2.75) is 65.5 Å². The molecular formula is C24H28N2O. The van der Waals surface area contributed by atoms with Crippen molar-refractivity contribution in [1.29, 1.82) is 0 Å². The van der Waals surface area contributed by atoms with Gasteiger partial charge in [0.25, 0.3) is 0 Å². The average molecular weight is 361 g/mol. The van der Waals surface area contributed by atoms with Gasteiger partial charge in [-0.2, -0.15) is 0 Å². The Balaban J connectivity index is 1.94. The first-order valence-electron chi connectivity index (χ1n) is 9.91. The number of para-hydroxylation sites is 1. The summed E-state index contributed by atoms with van der Waals surface area (Å²) in [6.07, 6.45) is 1.82. The summed E-state index contributed by atoms with van der Waals surface area (Å²) < 4.78 is 6.48. The van der Waals surface area contributed by atoms with E-state index in [1.807, 2.05) is 12.3 Å². The lowest BCUT2D eigenvalue weighted by atomic mass is 9.52.